The molecule has 20 heavy (non-hydrogen) atoms. The smallest absolute Gasteiger partial charge is 0.325 e. The Balaban J connectivity index is 2.35. The van der Waals surface area contributed by atoms with Crippen LogP contribution in [0.15, 0.2) is 0 Å². The van der Waals surface area contributed by atoms with Crippen molar-refractivity contribution in [3.05, 3.63) is 0 Å². The molecule has 1 heterocycles. The fourth-order valence-electron chi connectivity index (χ4n) is 2.67. The summed E-state index contributed by atoms with van der Waals surface area (Å²) in [7, 11) is 2.10. The van der Waals surface area contributed by atoms with E-state index in [1.165, 1.54) is 25.9 Å². The fraction of sp³-hybridized carbons (Fsp3) is 0.933. The van der Waals surface area contributed by atoms with Gasteiger partial charge in [0.1, 0.15) is 5.54 Å². The van der Waals surface area contributed by atoms with Gasteiger partial charge in [-0.3, -0.25) is 4.79 Å². The van der Waals surface area contributed by atoms with Crippen LogP contribution in [-0.4, -0.2) is 67.2 Å². The molecule has 0 amide bonds. The average Bonchev–Trinajstić information content (AvgIpc) is 2.88. The molecule has 0 saturated carbocycles. The number of esters is 1. The molecule has 0 radical (unpaired) electrons. The molecule has 1 fully saturated rings. The number of ether oxygens (including phenoxy) is 1. The van der Waals surface area contributed by atoms with Crippen molar-refractivity contribution in [2.45, 2.75) is 51.6 Å². The van der Waals surface area contributed by atoms with Crippen LogP contribution in [0, 0.1) is 0 Å². The molecule has 1 rings (SSSR count). The lowest BCUT2D eigenvalue weighted by molar-refractivity contribution is -0.149. The first kappa shape index (κ1) is 17.4. The topological polar surface area (TPSA) is 58.8 Å². The molecule has 0 bridgehead atoms. The van der Waals surface area contributed by atoms with Crippen LogP contribution >= 0.6 is 0 Å². The average molecular weight is 285 g/mol. The van der Waals surface area contributed by atoms with Gasteiger partial charge in [0.15, 0.2) is 0 Å². The molecule has 5 nitrogen and oxygen atoms in total. The lowest BCUT2D eigenvalue weighted by Crippen LogP contribution is -2.51. The van der Waals surface area contributed by atoms with E-state index in [1.807, 2.05) is 0 Å². The maximum Gasteiger partial charge on any atom is 0.325 e. The lowest BCUT2D eigenvalue weighted by atomic mass is 9.94. The largest absolute Gasteiger partial charge is 0.465 e. The number of carbonyl (C=O) groups excluding carboxylic acids is 1. The number of hydrogen-bond acceptors (Lipinski definition) is 5. The van der Waals surface area contributed by atoms with Crippen molar-refractivity contribution in [3.63, 3.8) is 0 Å². The summed E-state index contributed by atoms with van der Waals surface area (Å²) in [5.74, 6) is -0.306. The van der Waals surface area contributed by atoms with E-state index in [9.17, 15) is 4.79 Å². The molecule has 2 atom stereocenters. The summed E-state index contributed by atoms with van der Waals surface area (Å²) in [6.07, 6.45) is 3.26. The van der Waals surface area contributed by atoms with Gasteiger partial charge in [0.05, 0.1) is 6.61 Å². The summed E-state index contributed by atoms with van der Waals surface area (Å²) in [6, 6.07) is 0.261. The summed E-state index contributed by atoms with van der Waals surface area (Å²) in [4.78, 5) is 16.6. The molecule has 1 aliphatic heterocycles. The van der Waals surface area contributed by atoms with Crippen LogP contribution in [0.1, 0.15) is 40.0 Å². The standard InChI is InChI=1S/C15H31N3O2/c1-5-20-14(19)15(3,16)12-13(2)17(4)10-11-18-8-6-7-9-18/h13H,5-12,16H2,1-4H3. The minimum absolute atomic E-state index is 0.261. The predicted molar refractivity (Wildman–Crippen MR) is 81.6 cm³/mol. The van der Waals surface area contributed by atoms with E-state index >= 15 is 0 Å². The van der Waals surface area contributed by atoms with Gasteiger partial charge in [-0.15, -0.1) is 0 Å². The van der Waals surface area contributed by atoms with Gasteiger partial charge in [-0.2, -0.15) is 0 Å². The van der Waals surface area contributed by atoms with Gasteiger partial charge in [0.2, 0.25) is 0 Å². The summed E-state index contributed by atoms with van der Waals surface area (Å²) in [5.41, 5.74) is 5.19. The molecule has 2 unspecified atom stereocenters. The Morgan fingerprint density at radius 1 is 1.45 bits per heavy atom. The van der Waals surface area contributed by atoms with Crippen molar-refractivity contribution in [2.24, 2.45) is 5.73 Å². The summed E-state index contributed by atoms with van der Waals surface area (Å²) in [6.45, 7) is 10.6. The van der Waals surface area contributed by atoms with E-state index in [0.29, 0.717) is 13.0 Å². The van der Waals surface area contributed by atoms with Crippen molar-refractivity contribution < 1.29 is 9.53 Å². The van der Waals surface area contributed by atoms with Crippen molar-refractivity contribution in [2.75, 3.05) is 39.8 Å². The van der Waals surface area contributed by atoms with Gasteiger partial charge in [0.25, 0.3) is 0 Å². The molecular formula is C15H31N3O2. The highest BCUT2D eigenvalue weighted by Gasteiger charge is 2.32. The molecule has 1 saturated heterocycles. The van der Waals surface area contributed by atoms with Crippen LogP contribution in [0.5, 0.6) is 0 Å². The number of nitrogens with two attached hydrogens (primary N) is 1. The van der Waals surface area contributed by atoms with E-state index in [2.05, 4.69) is 23.8 Å². The summed E-state index contributed by atoms with van der Waals surface area (Å²) < 4.78 is 5.04. The second kappa shape index (κ2) is 7.96. The molecule has 0 spiro atoms. The van der Waals surface area contributed by atoms with Gasteiger partial charge in [0, 0.05) is 19.1 Å². The van der Waals surface area contributed by atoms with Gasteiger partial charge in [-0.05, 0) is 60.2 Å². The zero-order chi connectivity index (χ0) is 15.2. The fourth-order valence-corrected chi connectivity index (χ4v) is 2.67. The quantitative estimate of drug-likeness (QED) is 0.676. The van der Waals surface area contributed by atoms with E-state index in [0.717, 1.165) is 13.1 Å². The van der Waals surface area contributed by atoms with Crippen molar-refractivity contribution in [3.8, 4) is 0 Å². The van der Waals surface area contributed by atoms with E-state index in [1.54, 1.807) is 13.8 Å². The molecule has 0 aliphatic carbocycles. The Bertz CT molecular complexity index is 301. The van der Waals surface area contributed by atoms with Crippen LogP contribution in [0.2, 0.25) is 0 Å². The highest BCUT2D eigenvalue weighted by Crippen LogP contribution is 2.15. The van der Waals surface area contributed by atoms with Crippen LogP contribution in [0.3, 0.4) is 0 Å². The molecule has 0 aromatic carbocycles. The second-order valence-corrected chi connectivity index (χ2v) is 6.22. The van der Waals surface area contributed by atoms with Gasteiger partial charge >= 0.3 is 5.97 Å². The first-order valence-corrected chi connectivity index (χ1v) is 7.75. The minimum atomic E-state index is -0.905. The molecule has 0 aromatic rings. The molecule has 5 heteroatoms. The Morgan fingerprint density at radius 3 is 2.60 bits per heavy atom. The summed E-state index contributed by atoms with van der Waals surface area (Å²) >= 11 is 0. The third-order valence-electron chi connectivity index (χ3n) is 4.18. The number of carbonyl (C=O) groups is 1. The lowest BCUT2D eigenvalue weighted by Gasteiger charge is -2.32. The van der Waals surface area contributed by atoms with E-state index < -0.39 is 5.54 Å². The number of hydrogen-bond donors (Lipinski definition) is 1. The highest BCUT2D eigenvalue weighted by atomic mass is 16.5. The first-order chi connectivity index (χ1) is 9.36. The Kier molecular flexibility index (Phi) is 6.92. The number of nitrogens with zero attached hydrogens (tertiary/aromatic N) is 2. The van der Waals surface area contributed by atoms with Crippen molar-refractivity contribution >= 4 is 5.97 Å². The van der Waals surface area contributed by atoms with Gasteiger partial charge in [-0.1, -0.05) is 0 Å². The third kappa shape index (κ3) is 5.38. The number of likely N-dealkylation sites (tertiary alicyclic amines) is 1. The van der Waals surface area contributed by atoms with E-state index in [4.69, 9.17) is 10.5 Å². The normalized spacial score (nSPS) is 20.9. The van der Waals surface area contributed by atoms with Crippen molar-refractivity contribution in [1.82, 2.24) is 9.80 Å². The molecule has 0 aromatic heterocycles. The number of likely N-dealkylation sites (N-methyl/N-ethyl adjacent to an activating group) is 1. The van der Waals surface area contributed by atoms with Gasteiger partial charge < -0.3 is 20.3 Å². The molecular weight excluding hydrogens is 254 g/mol. The zero-order valence-corrected chi connectivity index (χ0v) is 13.5. The van der Waals surface area contributed by atoms with Crippen LogP contribution in [0.4, 0.5) is 0 Å². The zero-order valence-electron chi connectivity index (χ0n) is 13.5. The maximum atomic E-state index is 11.8. The first-order valence-electron chi connectivity index (χ1n) is 7.75. The van der Waals surface area contributed by atoms with Crippen molar-refractivity contribution in [1.29, 1.82) is 0 Å². The molecule has 118 valence electrons. The summed E-state index contributed by atoms with van der Waals surface area (Å²) in [5, 5.41) is 0. The van der Waals surface area contributed by atoms with Crippen LogP contribution < -0.4 is 5.73 Å². The third-order valence-corrected chi connectivity index (χ3v) is 4.18. The second-order valence-electron chi connectivity index (χ2n) is 6.22. The number of rotatable bonds is 8. The minimum Gasteiger partial charge on any atom is -0.465 e. The molecule has 1 aliphatic rings. The monoisotopic (exact) mass is 285 g/mol. The van der Waals surface area contributed by atoms with Crippen LogP contribution in [-0.2, 0) is 9.53 Å². The van der Waals surface area contributed by atoms with Crippen LogP contribution in [0.25, 0.3) is 0 Å². The van der Waals surface area contributed by atoms with Gasteiger partial charge in [-0.25, -0.2) is 0 Å². The highest BCUT2D eigenvalue weighted by molar-refractivity contribution is 5.80. The molecule has 2 N–H and O–H groups in total. The Labute approximate surface area is 123 Å². The predicted octanol–water partition coefficient (Wildman–Crippen LogP) is 1.07. The Morgan fingerprint density at radius 2 is 2.05 bits per heavy atom. The van der Waals surface area contributed by atoms with E-state index in [-0.39, 0.29) is 12.0 Å². The maximum absolute atomic E-state index is 11.8. The Hall–Kier alpha value is -0.650. The SMILES string of the molecule is CCOC(=O)C(C)(N)CC(C)N(C)CCN1CCCC1.